The number of benzene rings is 1. The second-order valence-corrected chi connectivity index (χ2v) is 7.84. The average Bonchev–Trinajstić information content (AvgIpc) is 3.16. The second-order valence-electron chi connectivity index (χ2n) is 7.84. The fourth-order valence-corrected chi connectivity index (χ4v) is 4.57. The fourth-order valence-electron chi connectivity index (χ4n) is 4.57. The monoisotopic (exact) mass is 397 g/mol. The molecule has 2 aromatic heterocycles. The summed E-state index contributed by atoms with van der Waals surface area (Å²) in [4.78, 5) is 14.6. The van der Waals surface area contributed by atoms with Crippen molar-refractivity contribution in [1.82, 2.24) is 20.3 Å². The van der Waals surface area contributed by atoms with E-state index in [2.05, 4.69) is 20.3 Å². The Kier molecular flexibility index (Phi) is 4.31. The predicted molar refractivity (Wildman–Crippen MR) is 106 cm³/mol. The first-order valence-corrected chi connectivity index (χ1v) is 9.73. The van der Waals surface area contributed by atoms with Crippen molar-refractivity contribution in [3.8, 4) is 17.0 Å². The minimum Gasteiger partial charge on any atom is -0.507 e. The van der Waals surface area contributed by atoms with Gasteiger partial charge in [-0.15, -0.1) is 0 Å². The first-order valence-electron chi connectivity index (χ1n) is 9.73. The summed E-state index contributed by atoms with van der Waals surface area (Å²) in [7, 11) is 1.82. The van der Waals surface area contributed by atoms with Crippen LogP contribution in [-0.2, 0) is 0 Å². The number of hydrogen-bond donors (Lipinski definition) is 2. The summed E-state index contributed by atoms with van der Waals surface area (Å²) in [5, 5.41) is 14.5. The molecule has 2 aliphatic heterocycles. The van der Waals surface area contributed by atoms with Crippen LogP contribution in [0.1, 0.15) is 19.3 Å². The van der Waals surface area contributed by atoms with Crippen molar-refractivity contribution in [2.75, 3.05) is 11.9 Å². The molecule has 4 atom stereocenters. The van der Waals surface area contributed by atoms with Gasteiger partial charge in [-0.1, -0.05) is 0 Å². The normalized spacial score (nSPS) is 26.0. The summed E-state index contributed by atoms with van der Waals surface area (Å²) in [6.07, 6.45) is 7.53. The van der Waals surface area contributed by atoms with Gasteiger partial charge in [0.15, 0.2) is 0 Å². The standard InChI is InChI=1S/C21H21F2N5O/c1-28(18-6-11-2-3-16(27-11)20(18)23)19-10-25-17(9-26-19)13-7-15(22)12-4-5-24-8-14(12)21(13)29/h4-5,7-11,16,18,20,27,29H,2-3,6H2,1H3/t11?,16-,18+,20-/m0/s1. The van der Waals surface area contributed by atoms with Crippen LogP contribution >= 0.6 is 0 Å². The molecule has 0 radical (unpaired) electrons. The van der Waals surface area contributed by atoms with Crippen LogP contribution in [0.5, 0.6) is 5.75 Å². The first-order chi connectivity index (χ1) is 14.0. The minimum absolute atomic E-state index is 0.0938. The van der Waals surface area contributed by atoms with Crippen molar-refractivity contribution >= 4 is 16.6 Å². The van der Waals surface area contributed by atoms with E-state index in [0.717, 1.165) is 19.3 Å². The first kappa shape index (κ1) is 18.2. The summed E-state index contributed by atoms with van der Waals surface area (Å²) in [6.45, 7) is 0. The molecule has 1 aromatic carbocycles. The third kappa shape index (κ3) is 2.98. The third-order valence-electron chi connectivity index (χ3n) is 6.19. The second kappa shape index (κ2) is 6.88. The predicted octanol–water partition coefficient (Wildman–Crippen LogP) is 3.20. The maximum Gasteiger partial charge on any atom is 0.147 e. The molecule has 4 heterocycles. The number of fused-ring (bicyclic) bond motifs is 3. The average molecular weight is 397 g/mol. The molecular weight excluding hydrogens is 376 g/mol. The molecule has 29 heavy (non-hydrogen) atoms. The quantitative estimate of drug-likeness (QED) is 0.707. The number of phenols is 1. The van der Waals surface area contributed by atoms with E-state index in [1.807, 2.05) is 11.9 Å². The van der Waals surface area contributed by atoms with Crippen LogP contribution in [0.4, 0.5) is 14.6 Å². The minimum atomic E-state index is -0.966. The van der Waals surface area contributed by atoms with E-state index in [0.29, 0.717) is 28.3 Å². The number of halogens is 2. The third-order valence-corrected chi connectivity index (χ3v) is 6.19. The molecule has 5 rings (SSSR count). The zero-order chi connectivity index (χ0) is 20.1. The van der Waals surface area contributed by atoms with Crippen molar-refractivity contribution in [3.05, 3.63) is 42.7 Å². The Hall–Kier alpha value is -2.87. The molecule has 2 fully saturated rings. The van der Waals surface area contributed by atoms with Crippen molar-refractivity contribution < 1.29 is 13.9 Å². The highest BCUT2D eigenvalue weighted by atomic mass is 19.1. The van der Waals surface area contributed by atoms with Crippen LogP contribution in [0.2, 0.25) is 0 Å². The van der Waals surface area contributed by atoms with Crippen molar-refractivity contribution in [1.29, 1.82) is 0 Å². The van der Waals surface area contributed by atoms with E-state index in [9.17, 15) is 13.9 Å². The number of nitrogens with zero attached hydrogens (tertiary/aromatic N) is 4. The number of nitrogens with one attached hydrogen (secondary N) is 1. The molecule has 6 nitrogen and oxygen atoms in total. The molecule has 8 heteroatoms. The van der Waals surface area contributed by atoms with Gasteiger partial charge in [-0.3, -0.25) is 9.97 Å². The molecule has 2 N–H and O–H groups in total. The number of rotatable bonds is 3. The topological polar surface area (TPSA) is 74.2 Å². The number of piperidine rings is 1. The Labute approximate surface area is 166 Å². The van der Waals surface area contributed by atoms with E-state index in [4.69, 9.17) is 0 Å². The number of phenolic OH excluding ortho intramolecular Hbond substituents is 1. The zero-order valence-electron chi connectivity index (χ0n) is 15.9. The van der Waals surface area contributed by atoms with E-state index in [-0.39, 0.29) is 23.4 Å². The van der Waals surface area contributed by atoms with Crippen LogP contribution in [-0.4, -0.2) is 51.4 Å². The Morgan fingerprint density at radius 1 is 1.17 bits per heavy atom. The number of pyridine rings is 1. The SMILES string of the molecule is CN(c1cnc(-c2cc(F)c3ccncc3c2O)cn1)[C@@H]1CC2CC[C@H](N2)[C@@H]1F. The number of anilines is 1. The van der Waals surface area contributed by atoms with Gasteiger partial charge in [0.05, 0.1) is 24.1 Å². The molecule has 0 aliphatic carbocycles. The summed E-state index contributed by atoms with van der Waals surface area (Å²) in [6, 6.07) is 2.74. The van der Waals surface area contributed by atoms with Crippen LogP contribution in [0, 0.1) is 5.82 Å². The zero-order valence-corrected chi connectivity index (χ0v) is 15.9. The number of hydrogen-bond acceptors (Lipinski definition) is 6. The van der Waals surface area contributed by atoms with Gasteiger partial charge in [-0.05, 0) is 31.4 Å². The van der Waals surface area contributed by atoms with Crippen molar-refractivity contribution in [3.63, 3.8) is 0 Å². The Balaban J connectivity index is 1.45. The van der Waals surface area contributed by atoms with Crippen LogP contribution in [0.3, 0.4) is 0 Å². The molecule has 2 bridgehead atoms. The van der Waals surface area contributed by atoms with Gasteiger partial charge in [0.1, 0.15) is 23.6 Å². The van der Waals surface area contributed by atoms with Gasteiger partial charge in [0, 0.05) is 47.9 Å². The van der Waals surface area contributed by atoms with E-state index in [1.54, 1.807) is 0 Å². The molecule has 2 saturated heterocycles. The lowest BCUT2D eigenvalue weighted by molar-refractivity contribution is 0.176. The highest BCUT2D eigenvalue weighted by Gasteiger charge is 2.43. The lowest BCUT2D eigenvalue weighted by Gasteiger charge is -2.38. The number of alkyl halides is 1. The Morgan fingerprint density at radius 2 is 2.03 bits per heavy atom. The lowest BCUT2D eigenvalue weighted by Crippen LogP contribution is -2.55. The highest BCUT2D eigenvalue weighted by Crippen LogP contribution is 2.37. The molecule has 0 saturated carbocycles. The maximum absolute atomic E-state index is 14.8. The summed E-state index contributed by atoms with van der Waals surface area (Å²) < 4.78 is 29.3. The van der Waals surface area contributed by atoms with Crippen molar-refractivity contribution in [2.24, 2.45) is 0 Å². The fraction of sp³-hybridized carbons (Fsp3) is 0.381. The molecule has 0 amide bonds. The van der Waals surface area contributed by atoms with E-state index < -0.39 is 12.0 Å². The Bertz CT molecular complexity index is 1060. The number of aromatic nitrogens is 3. The van der Waals surface area contributed by atoms with E-state index >= 15 is 0 Å². The molecule has 2 aliphatic rings. The lowest BCUT2D eigenvalue weighted by atomic mass is 9.96. The van der Waals surface area contributed by atoms with Crippen LogP contribution in [0.15, 0.2) is 36.9 Å². The van der Waals surface area contributed by atoms with Gasteiger partial charge >= 0.3 is 0 Å². The molecule has 1 unspecified atom stereocenters. The summed E-state index contributed by atoms with van der Waals surface area (Å²) in [5.74, 6) is -0.0163. The van der Waals surface area contributed by atoms with Gasteiger partial charge < -0.3 is 15.3 Å². The van der Waals surface area contributed by atoms with E-state index in [1.165, 1.54) is 36.9 Å². The van der Waals surface area contributed by atoms with Gasteiger partial charge in [0.25, 0.3) is 0 Å². The van der Waals surface area contributed by atoms with Crippen molar-refractivity contribution in [2.45, 2.75) is 43.6 Å². The maximum atomic E-state index is 14.8. The van der Waals surface area contributed by atoms with Crippen LogP contribution in [0.25, 0.3) is 22.0 Å². The van der Waals surface area contributed by atoms with Crippen LogP contribution < -0.4 is 10.2 Å². The van der Waals surface area contributed by atoms with Gasteiger partial charge in [0.2, 0.25) is 0 Å². The summed E-state index contributed by atoms with van der Waals surface area (Å²) >= 11 is 0. The summed E-state index contributed by atoms with van der Waals surface area (Å²) in [5.41, 5.74) is 0.583. The van der Waals surface area contributed by atoms with Gasteiger partial charge in [-0.25, -0.2) is 13.8 Å². The highest BCUT2D eigenvalue weighted by molar-refractivity contribution is 5.94. The Morgan fingerprint density at radius 3 is 2.83 bits per heavy atom. The number of aromatic hydroxyl groups is 1. The molecule has 3 aromatic rings. The largest absolute Gasteiger partial charge is 0.507 e. The smallest absolute Gasteiger partial charge is 0.147 e. The molecule has 0 spiro atoms. The van der Waals surface area contributed by atoms with Gasteiger partial charge in [-0.2, -0.15) is 0 Å². The molecular formula is C21H21F2N5O. The molecule has 150 valence electrons.